The summed E-state index contributed by atoms with van der Waals surface area (Å²) in [6, 6.07) is 0. The van der Waals surface area contributed by atoms with Gasteiger partial charge in [0, 0.05) is 34.1 Å². The summed E-state index contributed by atoms with van der Waals surface area (Å²) >= 11 is 0. The summed E-state index contributed by atoms with van der Waals surface area (Å²) in [4.78, 5) is 8.25. The molecule has 0 aromatic carbocycles. The first kappa shape index (κ1) is 16.3. The van der Waals surface area contributed by atoms with Crippen molar-refractivity contribution in [3.63, 3.8) is 0 Å². The average Bonchev–Trinajstić information content (AvgIpc) is 0.811. The zero-order chi connectivity index (χ0) is 3.58. The van der Waals surface area contributed by atoms with Gasteiger partial charge >= 0.3 is 0 Å². The fraction of sp³-hybridized carbons (Fsp3) is 0. The summed E-state index contributed by atoms with van der Waals surface area (Å²) in [6.07, 6.45) is 0. The standard InChI is InChI=1S/2Cu.NO3/c;;2-1(3)4/q;;-1. The van der Waals surface area contributed by atoms with Crippen LogP contribution in [0.1, 0.15) is 0 Å². The van der Waals surface area contributed by atoms with Gasteiger partial charge in [-0.15, -0.1) is 0 Å². The van der Waals surface area contributed by atoms with Crippen LogP contribution in [0.5, 0.6) is 0 Å². The van der Waals surface area contributed by atoms with E-state index < -0.39 is 5.09 Å². The van der Waals surface area contributed by atoms with Crippen LogP contribution in [0, 0.1) is 15.3 Å². The van der Waals surface area contributed by atoms with E-state index in [9.17, 15) is 0 Å². The largest absolute Gasteiger partial charge is 0.356 e. The van der Waals surface area contributed by atoms with Crippen molar-refractivity contribution < 1.29 is 39.2 Å². The normalized spacial score (nSPS) is 4.00. The van der Waals surface area contributed by atoms with E-state index in [1.165, 1.54) is 0 Å². The van der Waals surface area contributed by atoms with Crippen LogP contribution in [-0.4, -0.2) is 5.09 Å². The van der Waals surface area contributed by atoms with Crippen molar-refractivity contribution in [1.82, 2.24) is 0 Å². The smallest absolute Gasteiger partial charge is 0.0689 e. The van der Waals surface area contributed by atoms with E-state index in [1.807, 2.05) is 0 Å². The minimum Gasteiger partial charge on any atom is -0.356 e. The maximum absolute atomic E-state index is 8.25. The Morgan fingerprint density at radius 2 is 1.17 bits per heavy atom. The molecule has 0 unspecified atom stereocenters. The Labute approximate surface area is 55.0 Å². The van der Waals surface area contributed by atoms with Crippen molar-refractivity contribution in [2.24, 2.45) is 0 Å². The van der Waals surface area contributed by atoms with E-state index in [-0.39, 0.29) is 34.1 Å². The average molecular weight is 189 g/mol. The molecule has 0 aliphatic heterocycles. The van der Waals surface area contributed by atoms with Gasteiger partial charge < -0.3 is 15.3 Å². The molecule has 0 rings (SSSR count). The van der Waals surface area contributed by atoms with E-state index >= 15 is 0 Å². The first-order valence-electron chi connectivity index (χ1n) is 0.548. The van der Waals surface area contributed by atoms with Crippen LogP contribution in [0.25, 0.3) is 0 Å². The molecule has 46 valence electrons. The predicted molar refractivity (Wildman–Crippen MR) is 10.4 cm³/mol. The maximum Gasteiger partial charge on any atom is 0.0689 e. The molecule has 0 saturated heterocycles. The van der Waals surface area contributed by atoms with Crippen molar-refractivity contribution >= 4 is 0 Å². The van der Waals surface area contributed by atoms with E-state index in [1.54, 1.807) is 0 Å². The summed E-state index contributed by atoms with van der Waals surface area (Å²) in [5.41, 5.74) is 0. The summed E-state index contributed by atoms with van der Waals surface area (Å²) in [5.74, 6) is 0. The Morgan fingerprint density at radius 3 is 1.17 bits per heavy atom. The van der Waals surface area contributed by atoms with E-state index in [0.717, 1.165) is 0 Å². The predicted octanol–water partition coefficient (Wildman–Crippen LogP) is -0.244. The van der Waals surface area contributed by atoms with E-state index in [0.29, 0.717) is 0 Å². The summed E-state index contributed by atoms with van der Waals surface area (Å²) < 4.78 is 0. The molecule has 6 heavy (non-hydrogen) atoms. The second-order valence-electron chi connectivity index (χ2n) is 0.224. The molecule has 2 radical (unpaired) electrons. The third-order valence-corrected chi connectivity index (χ3v) is 0. The third kappa shape index (κ3) is 779. The van der Waals surface area contributed by atoms with Gasteiger partial charge in [-0.3, -0.25) is 0 Å². The number of nitrogens with zero attached hydrogens (tertiary/aromatic N) is 1. The van der Waals surface area contributed by atoms with E-state index in [4.69, 9.17) is 15.3 Å². The number of rotatable bonds is 0. The monoisotopic (exact) mass is 188 g/mol. The van der Waals surface area contributed by atoms with Crippen molar-refractivity contribution in [3.05, 3.63) is 15.3 Å². The van der Waals surface area contributed by atoms with Crippen LogP contribution in [0.3, 0.4) is 0 Å². The molecule has 0 aromatic heterocycles. The SMILES string of the molecule is O=[N+]([O-])[O-].[Cu].[Cu]. The van der Waals surface area contributed by atoms with Gasteiger partial charge in [-0.2, -0.15) is 0 Å². The van der Waals surface area contributed by atoms with Gasteiger partial charge in [0.1, 0.15) is 0 Å². The molecule has 0 fully saturated rings. The number of hydrogen-bond donors (Lipinski definition) is 0. The molecular formula is Cu2NO3-. The van der Waals surface area contributed by atoms with Gasteiger partial charge in [0.15, 0.2) is 0 Å². The molecule has 0 aromatic rings. The quantitative estimate of drug-likeness (QED) is 0.300. The Balaban J connectivity index is -0.0000000450. The Morgan fingerprint density at radius 1 is 1.17 bits per heavy atom. The van der Waals surface area contributed by atoms with Gasteiger partial charge in [0.2, 0.25) is 0 Å². The molecule has 0 aliphatic rings. The first-order valence-corrected chi connectivity index (χ1v) is 0.548. The maximum atomic E-state index is 8.25. The molecule has 0 N–H and O–H groups in total. The summed E-state index contributed by atoms with van der Waals surface area (Å²) in [6.45, 7) is 0. The van der Waals surface area contributed by atoms with Gasteiger partial charge in [-0.25, -0.2) is 0 Å². The second kappa shape index (κ2) is 8.97. The molecule has 0 spiro atoms. The van der Waals surface area contributed by atoms with Gasteiger partial charge in [-0.1, -0.05) is 0 Å². The zero-order valence-corrected chi connectivity index (χ0v) is 4.16. The Kier molecular flexibility index (Phi) is 24.4. The van der Waals surface area contributed by atoms with Crippen molar-refractivity contribution in [2.75, 3.05) is 0 Å². The van der Waals surface area contributed by atoms with Crippen LogP contribution < -0.4 is 0 Å². The molecule has 0 heterocycles. The van der Waals surface area contributed by atoms with Crippen molar-refractivity contribution in [2.45, 2.75) is 0 Å². The van der Waals surface area contributed by atoms with Gasteiger partial charge in [-0.05, 0) is 0 Å². The topological polar surface area (TPSA) is 66.2 Å². The van der Waals surface area contributed by atoms with Crippen molar-refractivity contribution in [1.29, 1.82) is 0 Å². The van der Waals surface area contributed by atoms with Gasteiger partial charge in [0.25, 0.3) is 0 Å². The number of hydrogen-bond acceptors (Lipinski definition) is 3. The molecule has 4 nitrogen and oxygen atoms in total. The first-order chi connectivity index (χ1) is 1.73. The Bertz CT molecular complexity index is 31.8. The molecule has 0 amide bonds. The Hall–Kier alpha value is 0.239. The minimum absolute atomic E-state index is 0. The summed E-state index contributed by atoms with van der Waals surface area (Å²) in [7, 11) is 0. The van der Waals surface area contributed by atoms with Crippen LogP contribution in [0.4, 0.5) is 0 Å². The van der Waals surface area contributed by atoms with E-state index in [2.05, 4.69) is 0 Å². The fourth-order valence-corrected chi connectivity index (χ4v) is 0. The van der Waals surface area contributed by atoms with Crippen LogP contribution >= 0.6 is 0 Å². The van der Waals surface area contributed by atoms with Gasteiger partial charge in [0.05, 0.1) is 5.09 Å². The molecule has 0 bridgehead atoms. The molecule has 0 aliphatic carbocycles. The third-order valence-electron chi connectivity index (χ3n) is 0. The minimum atomic E-state index is -1.75. The van der Waals surface area contributed by atoms with Crippen molar-refractivity contribution in [3.8, 4) is 0 Å². The fourth-order valence-electron chi connectivity index (χ4n) is 0. The van der Waals surface area contributed by atoms with Crippen LogP contribution in [0.15, 0.2) is 0 Å². The molecule has 6 heteroatoms. The van der Waals surface area contributed by atoms with Crippen LogP contribution in [0.2, 0.25) is 0 Å². The summed E-state index contributed by atoms with van der Waals surface area (Å²) in [5, 5.41) is 14.8. The zero-order valence-electron chi connectivity index (χ0n) is 2.27. The molecule has 0 atom stereocenters. The molecular weight excluding hydrogens is 189 g/mol. The van der Waals surface area contributed by atoms with Crippen LogP contribution in [-0.2, 0) is 34.1 Å². The second-order valence-corrected chi connectivity index (χ2v) is 0.224. The molecule has 0 saturated carbocycles.